The second-order valence-corrected chi connectivity index (χ2v) is 2.35. The van der Waals surface area contributed by atoms with E-state index in [2.05, 4.69) is 5.32 Å². The van der Waals surface area contributed by atoms with Crippen LogP contribution in [0.3, 0.4) is 0 Å². The lowest BCUT2D eigenvalue weighted by molar-refractivity contribution is -0.123. The summed E-state index contributed by atoms with van der Waals surface area (Å²) < 4.78 is 0. The maximum absolute atomic E-state index is 10.9. The molecule has 1 rings (SSSR count). The van der Waals surface area contributed by atoms with Crippen molar-refractivity contribution in [2.24, 2.45) is 0 Å². The number of amides is 2. The van der Waals surface area contributed by atoms with Crippen LogP contribution in [0.4, 0.5) is 0 Å². The highest BCUT2D eigenvalue weighted by Gasteiger charge is 2.18. The second kappa shape index (κ2) is 3.82. The molecule has 0 spiro atoms. The molecule has 0 aromatic rings. The molecule has 0 saturated carbocycles. The van der Waals surface area contributed by atoms with Crippen LogP contribution in [-0.4, -0.2) is 23.5 Å². The number of carbonyl (C=O) groups excluding carboxylic acids is 2. The Morgan fingerprint density at radius 2 is 2.17 bits per heavy atom. The van der Waals surface area contributed by atoms with Gasteiger partial charge in [0.05, 0.1) is 6.61 Å². The molecule has 1 aliphatic heterocycles. The molecule has 0 aliphatic carbocycles. The molecule has 0 fully saturated rings. The van der Waals surface area contributed by atoms with Crippen molar-refractivity contribution < 1.29 is 14.7 Å². The number of nitrogens with one attached hydrogen (secondary N) is 1. The van der Waals surface area contributed by atoms with E-state index in [0.29, 0.717) is 12.0 Å². The van der Waals surface area contributed by atoms with Crippen LogP contribution in [0.15, 0.2) is 23.8 Å². The van der Waals surface area contributed by atoms with E-state index < -0.39 is 0 Å². The zero-order chi connectivity index (χ0) is 8.97. The first-order valence-electron chi connectivity index (χ1n) is 3.56. The zero-order valence-corrected chi connectivity index (χ0v) is 6.41. The monoisotopic (exact) mass is 167 g/mol. The molecule has 2 amide bonds. The van der Waals surface area contributed by atoms with Crippen molar-refractivity contribution in [3.63, 3.8) is 0 Å². The molecule has 0 atom stereocenters. The van der Waals surface area contributed by atoms with Gasteiger partial charge in [-0.3, -0.25) is 14.9 Å². The predicted octanol–water partition coefficient (Wildman–Crippen LogP) is -0.492. The summed E-state index contributed by atoms with van der Waals surface area (Å²) >= 11 is 0. The summed E-state index contributed by atoms with van der Waals surface area (Å²) in [6, 6.07) is 0. The van der Waals surface area contributed by atoms with Crippen molar-refractivity contribution in [3.05, 3.63) is 23.8 Å². The summed E-state index contributed by atoms with van der Waals surface area (Å²) in [4.78, 5) is 21.5. The van der Waals surface area contributed by atoms with E-state index in [1.165, 1.54) is 12.2 Å². The fraction of sp³-hybridized carbons (Fsp3) is 0.250. The van der Waals surface area contributed by atoms with Gasteiger partial charge in [-0.2, -0.15) is 0 Å². The van der Waals surface area contributed by atoms with Gasteiger partial charge in [0.25, 0.3) is 11.8 Å². The number of carbonyl (C=O) groups is 2. The normalized spacial score (nSPS) is 16.9. The van der Waals surface area contributed by atoms with Gasteiger partial charge >= 0.3 is 0 Å². The van der Waals surface area contributed by atoms with Crippen LogP contribution in [0.5, 0.6) is 0 Å². The highest BCUT2D eigenvalue weighted by atomic mass is 16.2. The lowest BCUT2D eigenvalue weighted by atomic mass is 10.2. The summed E-state index contributed by atoms with van der Waals surface area (Å²) in [6.07, 6.45) is 4.82. The smallest absolute Gasteiger partial charge is 0.254 e. The van der Waals surface area contributed by atoms with Gasteiger partial charge in [-0.1, -0.05) is 12.2 Å². The third-order valence-corrected chi connectivity index (χ3v) is 1.44. The molecule has 12 heavy (non-hydrogen) atoms. The minimum atomic E-state index is -0.368. The Hall–Kier alpha value is -1.42. The molecular formula is C8H9NO3. The Morgan fingerprint density at radius 3 is 2.67 bits per heavy atom. The van der Waals surface area contributed by atoms with Crippen LogP contribution in [0, 0.1) is 0 Å². The average Bonchev–Trinajstić information content (AvgIpc) is 2.31. The van der Waals surface area contributed by atoms with Crippen molar-refractivity contribution in [2.45, 2.75) is 6.42 Å². The molecule has 2 N–H and O–H groups in total. The highest BCUT2D eigenvalue weighted by molar-refractivity contribution is 6.16. The van der Waals surface area contributed by atoms with Gasteiger partial charge in [0.15, 0.2) is 0 Å². The largest absolute Gasteiger partial charge is 0.392 e. The number of aliphatic hydroxyl groups excluding tert-OH is 1. The minimum absolute atomic E-state index is 0.0527. The maximum atomic E-state index is 10.9. The predicted molar refractivity (Wildman–Crippen MR) is 42.1 cm³/mol. The Labute approximate surface area is 69.6 Å². The van der Waals surface area contributed by atoms with Crippen molar-refractivity contribution in [3.8, 4) is 0 Å². The van der Waals surface area contributed by atoms with Crippen molar-refractivity contribution >= 4 is 11.8 Å². The summed E-state index contributed by atoms with van der Waals surface area (Å²) in [6.45, 7) is -0.0527. The van der Waals surface area contributed by atoms with Crippen LogP contribution in [0.25, 0.3) is 0 Å². The lowest BCUT2D eigenvalue weighted by Gasteiger charge is -1.91. The van der Waals surface area contributed by atoms with E-state index in [4.69, 9.17) is 5.11 Å². The number of hydrogen-bond donors (Lipinski definition) is 2. The Kier molecular flexibility index (Phi) is 2.76. The van der Waals surface area contributed by atoms with Gasteiger partial charge in [-0.05, 0) is 6.42 Å². The number of imide groups is 1. The summed E-state index contributed by atoms with van der Waals surface area (Å²) in [5, 5.41) is 10.5. The van der Waals surface area contributed by atoms with E-state index in [1.54, 1.807) is 6.08 Å². The van der Waals surface area contributed by atoms with E-state index in [1.807, 2.05) is 0 Å². The van der Waals surface area contributed by atoms with Crippen LogP contribution in [-0.2, 0) is 9.59 Å². The summed E-state index contributed by atoms with van der Waals surface area (Å²) in [5.41, 5.74) is 0.435. The van der Waals surface area contributed by atoms with Gasteiger partial charge in [-0.25, -0.2) is 0 Å². The van der Waals surface area contributed by atoms with Gasteiger partial charge in [0, 0.05) is 11.6 Å². The molecule has 1 heterocycles. The highest BCUT2D eigenvalue weighted by Crippen LogP contribution is 2.07. The third-order valence-electron chi connectivity index (χ3n) is 1.44. The molecule has 64 valence electrons. The fourth-order valence-corrected chi connectivity index (χ4v) is 0.889. The third kappa shape index (κ3) is 2.03. The van der Waals surface area contributed by atoms with Gasteiger partial charge in [0.2, 0.25) is 0 Å². The Morgan fingerprint density at radius 1 is 1.42 bits per heavy atom. The second-order valence-electron chi connectivity index (χ2n) is 2.35. The minimum Gasteiger partial charge on any atom is -0.392 e. The maximum Gasteiger partial charge on any atom is 0.254 e. The van der Waals surface area contributed by atoms with Gasteiger partial charge in [-0.15, -0.1) is 0 Å². The first-order valence-corrected chi connectivity index (χ1v) is 3.56. The van der Waals surface area contributed by atoms with Crippen LogP contribution in [0.2, 0.25) is 0 Å². The summed E-state index contributed by atoms with van der Waals surface area (Å²) in [5.74, 6) is -0.713. The van der Waals surface area contributed by atoms with Crippen molar-refractivity contribution in [1.82, 2.24) is 5.32 Å². The topological polar surface area (TPSA) is 66.4 Å². The molecule has 0 unspecified atom stereocenters. The van der Waals surface area contributed by atoms with Gasteiger partial charge in [0.1, 0.15) is 0 Å². The van der Waals surface area contributed by atoms with Crippen molar-refractivity contribution in [2.75, 3.05) is 6.61 Å². The van der Waals surface area contributed by atoms with E-state index in [0.717, 1.165) is 0 Å². The molecule has 0 aromatic heterocycles. The number of allylic oxidation sites excluding steroid dienone is 1. The van der Waals surface area contributed by atoms with Crippen LogP contribution < -0.4 is 5.32 Å². The molecular weight excluding hydrogens is 158 g/mol. The molecule has 4 nitrogen and oxygen atoms in total. The molecule has 0 radical (unpaired) electrons. The van der Waals surface area contributed by atoms with Crippen LogP contribution >= 0.6 is 0 Å². The lowest BCUT2D eigenvalue weighted by Crippen LogP contribution is -2.21. The number of rotatable bonds is 3. The van der Waals surface area contributed by atoms with E-state index >= 15 is 0 Å². The van der Waals surface area contributed by atoms with E-state index in [-0.39, 0.29) is 18.4 Å². The zero-order valence-electron chi connectivity index (χ0n) is 6.41. The standard InChI is InChI=1S/C8H9NO3/c10-4-2-1-3-6-5-7(11)9-8(6)12/h1-2,5,10H,3-4H2,(H,9,11,12)/b2-1+. The quantitative estimate of drug-likeness (QED) is 0.440. The SMILES string of the molecule is O=C1C=C(C/C=C/CO)C(=O)N1. The molecule has 1 aliphatic rings. The molecule has 0 saturated heterocycles. The van der Waals surface area contributed by atoms with Crippen molar-refractivity contribution in [1.29, 1.82) is 0 Å². The molecule has 0 bridgehead atoms. The summed E-state index contributed by atoms with van der Waals surface area (Å²) in [7, 11) is 0. The first kappa shape index (κ1) is 8.67. The number of aliphatic hydroxyl groups is 1. The fourth-order valence-electron chi connectivity index (χ4n) is 0.889. The molecule has 4 heteroatoms. The van der Waals surface area contributed by atoms with Gasteiger partial charge < -0.3 is 5.11 Å². The van der Waals surface area contributed by atoms with E-state index in [9.17, 15) is 9.59 Å². The average molecular weight is 167 g/mol. The Bertz CT molecular complexity index is 265. The first-order chi connectivity index (χ1) is 5.74. The Balaban J connectivity index is 2.52. The molecule has 0 aromatic carbocycles. The number of hydrogen-bond acceptors (Lipinski definition) is 3. The van der Waals surface area contributed by atoms with Crippen LogP contribution in [0.1, 0.15) is 6.42 Å².